The summed E-state index contributed by atoms with van der Waals surface area (Å²) in [6.45, 7) is 4.07. The van der Waals surface area contributed by atoms with Crippen molar-refractivity contribution in [1.29, 1.82) is 0 Å². The SMILES string of the molecule is CC1(C)CC(=O)C2=C(C1)Nc1c(C(=O)Nc3ccc(F)cc3)cnn1C2c1ccc(Cl)cc1Cl. The summed E-state index contributed by atoms with van der Waals surface area (Å²) in [5.74, 6) is -0.339. The molecular formula is C25H21Cl2FN4O2. The first-order valence-corrected chi connectivity index (χ1v) is 11.5. The van der Waals surface area contributed by atoms with Crippen molar-refractivity contribution in [3.8, 4) is 0 Å². The number of carbonyl (C=O) groups excluding carboxylic acids is 2. The van der Waals surface area contributed by atoms with Gasteiger partial charge in [-0.15, -0.1) is 0 Å². The van der Waals surface area contributed by atoms with Crippen LogP contribution >= 0.6 is 23.2 Å². The first-order valence-electron chi connectivity index (χ1n) is 10.8. The van der Waals surface area contributed by atoms with Gasteiger partial charge in [0.25, 0.3) is 5.91 Å². The lowest BCUT2D eigenvalue weighted by molar-refractivity contribution is -0.118. The van der Waals surface area contributed by atoms with Gasteiger partial charge in [-0.1, -0.05) is 43.1 Å². The van der Waals surface area contributed by atoms with E-state index in [4.69, 9.17) is 23.2 Å². The first kappa shape index (κ1) is 22.6. The number of benzene rings is 2. The van der Waals surface area contributed by atoms with Gasteiger partial charge in [0, 0.05) is 39.0 Å². The summed E-state index contributed by atoms with van der Waals surface area (Å²) in [7, 11) is 0. The molecule has 1 unspecified atom stereocenters. The van der Waals surface area contributed by atoms with Gasteiger partial charge in [-0.05, 0) is 48.2 Å². The summed E-state index contributed by atoms with van der Waals surface area (Å²) in [4.78, 5) is 26.4. The standard InChI is InChI=1S/C25H21Cl2FN4O2/c1-25(2)10-19-21(20(33)11-25)22(16-8-3-13(26)9-18(16)27)32-23(31-19)17(12-29-32)24(34)30-15-6-4-14(28)5-7-15/h3-9,12,22,31H,10-11H2,1-2H3,(H,30,34). The number of Topliss-reactive ketones (excluding diaryl/α,β-unsaturated/α-hetero) is 1. The number of nitrogens with zero attached hydrogens (tertiary/aromatic N) is 2. The number of ketones is 1. The zero-order valence-corrected chi connectivity index (χ0v) is 20.0. The maximum absolute atomic E-state index is 13.3. The first-order chi connectivity index (χ1) is 16.1. The molecule has 2 heterocycles. The number of carbonyl (C=O) groups is 2. The van der Waals surface area contributed by atoms with Crippen LogP contribution in [0.25, 0.3) is 0 Å². The third kappa shape index (κ3) is 3.99. The zero-order chi connectivity index (χ0) is 24.2. The summed E-state index contributed by atoms with van der Waals surface area (Å²) >= 11 is 12.7. The molecule has 0 saturated heterocycles. The molecule has 0 radical (unpaired) electrons. The summed E-state index contributed by atoms with van der Waals surface area (Å²) < 4.78 is 14.9. The van der Waals surface area contributed by atoms with Crippen molar-refractivity contribution in [1.82, 2.24) is 9.78 Å². The van der Waals surface area contributed by atoms with E-state index < -0.39 is 17.8 Å². The molecule has 2 aliphatic rings. The van der Waals surface area contributed by atoms with Crippen LogP contribution in [0.2, 0.25) is 10.0 Å². The van der Waals surface area contributed by atoms with Crippen molar-refractivity contribution in [3.63, 3.8) is 0 Å². The number of hydrogen-bond donors (Lipinski definition) is 2. The topological polar surface area (TPSA) is 76.0 Å². The summed E-state index contributed by atoms with van der Waals surface area (Å²) in [5.41, 5.74) is 2.51. The molecule has 0 fully saturated rings. The van der Waals surface area contributed by atoms with Crippen LogP contribution in [0.3, 0.4) is 0 Å². The molecular weight excluding hydrogens is 478 g/mol. The fourth-order valence-electron chi connectivity index (χ4n) is 4.62. The number of amides is 1. The molecule has 0 spiro atoms. The number of fused-ring (bicyclic) bond motifs is 1. The molecule has 6 nitrogen and oxygen atoms in total. The average Bonchev–Trinajstić information content (AvgIpc) is 3.17. The maximum Gasteiger partial charge on any atom is 0.261 e. The van der Waals surface area contributed by atoms with E-state index in [0.717, 1.165) is 5.70 Å². The second-order valence-electron chi connectivity index (χ2n) is 9.34. The van der Waals surface area contributed by atoms with Gasteiger partial charge >= 0.3 is 0 Å². The number of nitrogens with one attached hydrogen (secondary N) is 2. The fraction of sp³-hybridized carbons (Fsp3) is 0.240. The van der Waals surface area contributed by atoms with Crippen molar-refractivity contribution < 1.29 is 14.0 Å². The molecule has 1 atom stereocenters. The van der Waals surface area contributed by atoms with Crippen LogP contribution in [0, 0.1) is 11.2 Å². The van der Waals surface area contributed by atoms with Gasteiger partial charge in [0.1, 0.15) is 23.2 Å². The Hall–Kier alpha value is -3.16. The van der Waals surface area contributed by atoms with E-state index in [1.165, 1.54) is 30.5 Å². The van der Waals surface area contributed by atoms with Gasteiger partial charge in [-0.3, -0.25) is 9.59 Å². The molecule has 174 valence electrons. The molecule has 3 aromatic rings. The zero-order valence-electron chi connectivity index (χ0n) is 18.5. The van der Waals surface area contributed by atoms with E-state index in [2.05, 4.69) is 15.7 Å². The summed E-state index contributed by atoms with van der Waals surface area (Å²) in [6.07, 6.45) is 2.47. The Balaban J connectivity index is 1.61. The molecule has 1 aromatic heterocycles. The van der Waals surface area contributed by atoms with Crippen molar-refractivity contribution in [3.05, 3.63) is 86.9 Å². The number of anilines is 2. The van der Waals surface area contributed by atoms with Gasteiger partial charge in [0.05, 0.1) is 6.20 Å². The Morgan fingerprint density at radius 2 is 1.91 bits per heavy atom. The van der Waals surface area contributed by atoms with E-state index in [9.17, 15) is 14.0 Å². The van der Waals surface area contributed by atoms with Crippen molar-refractivity contribution in [2.45, 2.75) is 32.7 Å². The molecule has 1 aliphatic heterocycles. The molecule has 5 rings (SSSR count). The van der Waals surface area contributed by atoms with E-state index >= 15 is 0 Å². The van der Waals surface area contributed by atoms with Crippen LogP contribution in [-0.2, 0) is 4.79 Å². The van der Waals surface area contributed by atoms with Crippen LogP contribution < -0.4 is 10.6 Å². The third-order valence-electron chi connectivity index (χ3n) is 6.11. The molecule has 1 amide bonds. The highest BCUT2D eigenvalue weighted by Gasteiger charge is 2.42. The van der Waals surface area contributed by atoms with Gasteiger partial charge in [0.15, 0.2) is 5.78 Å². The molecule has 1 aliphatic carbocycles. The van der Waals surface area contributed by atoms with Crippen LogP contribution in [0.4, 0.5) is 15.9 Å². The van der Waals surface area contributed by atoms with Gasteiger partial charge in [-0.25, -0.2) is 9.07 Å². The van der Waals surface area contributed by atoms with E-state index in [0.29, 0.717) is 51.1 Å². The van der Waals surface area contributed by atoms with Crippen molar-refractivity contribution in [2.75, 3.05) is 10.6 Å². The Morgan fingerprint density at radius 1 is 1.18 bits per heavy atom. The fourth-order valence-corrected chi connectivity index (χ4v) is 5.13. The lowest BCUT2D eigenvalue weighted by Gasteiger charge is -2.39. The largest absolute Gasteiger partial charge is 0.343 e. The molecule has 2 N–H and O–H groups in total. The molecule has 2 aromatic carbocycles. The van der Waals surface area contributed by atoms with E-state index in [-0.39, 0.29) is 11.2 Å². The smallest absolute Gasteiger partial charge is 0.261 e. The average molecular weight is 499 g/mol. The highest BCUT2D eigenvalue weighted by Crippen LogP contribution is 2.47. The normalized spacial score (nSPS) is 18.7. The summed E-state index contributed by atoms with van der Waals surface area (Å²) in [5, 5.41) is 11.4. The Labute approximate surface area is 205 Å². The number of allylic oxidation sites excluding steroid dienone is 2. The number of hydrogen-bond acceptors (Lipinski definition) is 4. The third-order valence-corrected chi connectivity index (χ3v) is 6.67. The quantitative estimate of drug-likeness (QED) is 0.448. The lowest BCUT2D eigenvalue weighted by Crippen LogP contribution is -2.37. The molecule has 9 heteroatoms. The number of rotatable bonds is 3. The van der Waals surface area contributed by atoms with Gasteiger partial charge in [-0.2, -0.15) is 5.10 Å². The van der Waals surface area contributed by atoms with E-state index in [1.54, 1.807) is 22.9 Å². The Morgan fingerprint density at radius 3 is 2.62 bits per heavy atom. The van der Waals surface area contributed by atoms with Gasteiger partial charge < -0.3 is 10.6 Å². The van der Waals surface area contributed by atoms with Crippen LogP contribution in [0.15, 0.2) is 59.9 Å². The van der Waals surface area contributed by atoms with Crippen LogP contribution in [0.5, 0.6) is 0 Å². The highest BCUT2D eigenvalue weighted by molar-refractivity contribution is 6.35. The van der Waals surface area contributed by atoms with Gasteiger partial charge in [0.2, 0.25) is 0 Å². The molecule has 34 heavy (non-hydrogen) atoms. The monoisotopic (exact) mass is 498 g/mol. The molecule has 0 bridgehead atoms. The maximum atomic E-state index is 13.3. The predicted molar refractivity (Wildman–Crippen MR) is 130 cm³/mol. The Kier molecular flexibility index (Phi) is 5.49. The lowest BCUT2D eigenvalue weighted by atomic mass is 9.73. The molecule has 0 saturated carbocycles. The second kappa shape index (κ2) is 8.25. The van der Waals surface area contributed by atoms with Crippen molar-refractivity contribution in [2.24, 2.45) is 5.41 Å². The highest BCUT2D eigenvalue weighted by atomic mass is 35.5. The van der Waals surface area contributed by atoms with Crippen LogP contribution in [0.1, 0.15) is 48.7 Å². The van der Waals surface area contributed by atoms with E-state index in [1.807, 2.05) is 13.8 Å². The Bertz CT molecular complexity index is 1360. The second-order valence-corrected chi connectivity index (χ2v) is 10.2. The number of halogens is 3. The van der Waals surface area contributed by atoms with Crippen molar-refractivity contribution >= 4 is 46.4 Å². The minimum Gasteiger partial charge on any atom is -0.343 e. The van der Waals surface area contributed by atoms with Crippen LogP contribution in [-0.4, -0.2) is 21.5 Å². The minimum atomic E-state index is -0.605. The number of aromatic nitrogens is 2. The predicted octanol–water partition coefficient (Wildman–Crippen LogP) is 6.24. The summed E-state index contributed by atoms with van der Waals surface area (Å²) in [6, 6.07) is 10.0. The minimum absolute atomic E-state index is 0.00762.